The second kappa shape index (κ2) is 5.60. The van der Waals surface area contributed by atoms with Crippen LogP contribution in [-0.2, 0) is 4.79 Å². The van der Waals surface area contributed by atoms with Crippen LogP contribution in [0.15, 0.2) is 0 Å². The number of carboxylic acid groups (broad SMARTS) is 1. The Labute approximate surface area is 67.0 Å². The van der Waals surface area contributed by atoms with Crippen LogP contribution in [-0.4, -0.2) is 29.1 Å². The van der Waals surface area contributed by atoms with Gasteiger partial charge in [-0.05, 0) is 13.8 Å². The molecule has 0 saturated carbocycles. The Balaban J connectivity index is 3.74. The smallest absolute Gasteiger partial charge is 0.315 e. The van der Waals surface area contributed by atoms with Crippen molar-refractivity contribution in [1.29, 1.82) is 0 Å². The highest BCUT2D eigenvalue weighted by Crippen LogP contribution is 1.82. The van der Waals surface area contributed by atoms with Crippen molar-refractivity contribution in [2.75, 3.05) is 13.1 Å². The van der Waals surface area contributed by atoms with Gasteiger partial charge >= 0.3 is 5.97 Å². The van der Waals surface area contributed by atoms with E-state index in [0.29, 0.717) is 0 Å². The highest BCUT2D eigenvalue weighted by molar-refractivity contribution is 5.69. The Kier molecular flexibility index (Phi) is 5.01. The van der Waals surface area contributed by atoms with E-state index in [-0.39, 0.29) is 6.42 Å². The lowest BCUT2D eigenvalue weighted by atomic mass is 10.4. The Bertz CT molecular complexity index is 174. The Hall–Kier alpha value is -1.17. The number of hydrogen-bond donors (Lipinski definition) is 1. The fourth-order valence-electron chi connectivity index (χ4n) is 0.609. The maximum atomic E-state index is 10.0. The lowest BCUT2D eigenvalue weighted by Gasteiger charge is -2.10. The fraction of sp³-hybridized carbons (Fsp3) is 0.625. The summed E-state index contributed by atoms with van der Waals surface area (Å²) in [4.78, 5) is 11.9. The van der Waals surface area contributed by atoms with Crippen molar-refractivity contribution >= 4 is 5.97 Å². The van der Waals surface area contributed by atoms with E-state index in [1.807, 2.05) is 18.7 Å². The lowest BCUT2D eigenvalue weighted by Crippen LogP contribution is -2.15. The van der Waals surface area contributed by atoms with Gasteiger partial charge in [-0.2, -0.15) is 0 Å². The summed E-state index contributed by atoms with van der Waals surface area (Å²) in [7, 11) is 0. The van der Waals surface area contributed by atoms with Gasteiger partial charge in [-0.25, -0.2) is 0 Å². The normalized spacial score (nSPS) is 8.18. The van der Waals surface area contributed by atoms with Crippen LogP contribution in [0.2, 0.25) is 0 Å². The quantitative estimate of drug-likeness (QED) is 0.483. The fourth-order valence-corrected chi connectivity index (χ4v) is 0.609. The molecule has 0 unspecified atom stereocenters. The van der Waals surface area contributed by atoms with Gasteiger partial charge in [-0.15, -0.1) is 0 Å². The second-order valence-electron chi connectivity index (χ2n) is 2.03. The predicted molar refractivity (Wildman–Crippen MR) is 42.9 cm³/mol. The minimum absolute atomic E-state index is 0.0729. The number of carbonyl (C=O) groups is 1. The van der Waals surface area contributed by atoms with Gasteiger partial charge in [0.05, 0.1) is 0 Å². The van der Waals surface area contributed by atoms with Gasteiger partial charge in [0.25, 0.3) is 0 Å². The third-order valence-corrected chi connectivity index (χ3v) is 1.24. The SMILES string of the molecule is CCN(C#CCC(=O)O)CC. The van der Waals surface area contributed by atoms with Crippen molar-refractivity contribution in [2.45, 2.75) is 20.3 Å². The summed E-state index contributed by atoms with van der Waals surface area (Å²) < 4.78 is 0. The van der Waals surface area contributed by atoms with Gasteiger partial charge in [0, 0.05) is 19.1 Å². The number of rotatable bonds is 3. The van der Waals surface area contributed by atoms with Crippen molar-refractivity contribution in [3.63, 3.8) is 0 Å². The molecule has 1 N–H and O–H groups in total. The van der Waals surface area contributed by atoms with Gasteiger partial charge in [0.1, 0.15) is 6.42 Å². The monoisotopic (exact) mass is 155 g/mol. The first-order valence-corrected chi connectivity index (χ1v) is 3.66. The average Bonchev–Trinajstić information content (AvgIpc) is 1.98. The molecular weight excluding hydrogens is 142 g/mol. The van der Waals surface area contributed by atoms with E-state index in [2.05, 4.69) is 12.0 Å². The molecule has 0 aromatic rings. The maximum absolute atomic E-state index is 10.0. The highest BCUT2D eigenvalue weighted by Gasteiger charge is 1.91. The maximum Gasteiger partial charge on any atom is 0.315 e. The molecule has 0 aliphatic heterocycles. The Morgan fingerprint density at radius 3 is 2.36 bits per heavy atom. The van der Waals surface area contributed by atoms with Crippen LogP contribution >= 0.6 is 0 Å². The molecule has 0 aliphatic rings. The lowest BCUT2D eigenvalue weighted by molar-refractivity contribution is -0.135. The largest absolute Gasteiger partial charge is 0.481 e. The van der Waals surface area contributed by atoms with E-state index < -0.39 is 5.97 Å². The van der Waals surface area contributed by atoms with E-state index in [4.69, 9.17) is 5.11 Å². The summed E-state index contributed by atoms with van der Waals surface area (Å²) in [5.74, 6) is 1.69. The number of carboxylic acids is 1. The molecule has 62 valence electrons. The first-order valence-electron chi connectivity index (χ1n) is 3.66. The van der Waals surface area contributed by atoms with Crippen molar-refractivity contribution < 1.29 is 9.90 Å². The Morgan fingerprint density at radius 2 is 2.00 bits per heavy atom. The minimum Gasteiger partial charge on any atom is -0.481 e. The first-order chi connectivity index (χ1) is 5.20. The predicted octanol–water partition coefficient (Wildman–Crippen LogP) is 0.764. The molecule has 0 aromatic carbocycles. The molecule has 0 amide bonds. The summed E-state index contributed by atoms with van der Waals surface area (Å²) in [6.07, 6.45) is -0.0729. The molecule has 0 saturated heterocycles. The van der Waals surface area contributed by atoms with Gasteiger partial charge in [0.15, 0.2) is 0 Å². The van der Waals surface area contributed by atoms with Crippen molar-refractivity contribution in [3.8, 4) is 12.0 Å². The number of aliphatic carboxylic acids is 1. The van der Waals surface area contributed by atoms with Crippen LogP contribution in [0.1, 0.15) is 20.3 Å². The summed E-state index contributed by atoms with van der Waals surface area (Å²) in [6.45, 7) is 5.64. The third-order valence-electron chi connectivity index (χ3n) is 1.24. The molecule has 3 nitrogen and oxygen atoms in total. The molecule has 0 bridgehead atoms. The van der Waals surface area contributed by atoms with Crippen LogP contribution in [0.25, 0.3) is 0 Å². The van der Waals surface area contributed by atoms with E-state index >= 15 is 0 Å². The molecule has 0 heterocycles. The average molecular weight is 155 g/mol. The van der Waals surface area contributed by atoms with Crippen LogP contribution in [0, 0.1) is 12.0 Å². The molecule has 0 fully saturated rings. The zero-order valence-corrected chi connectivity index (χ0v) is 6.92. The van der Waals surface area contributed by atoms with Crippen LogP contribution in [0.4, 0.5) is 0 Å². The van der Waals surface area contributed by atoms with E-state index in [0.717, 1.165) is 13.1 Å². The van der Waals surface area contributed by atoms with Crippen LogP contribution < -0.4 is 0 Å². The molecule has 0 radical (unpaired) electrons. The first kappa shape index (κ1) is 9.83. The molecule has 11 heavy (non-hydrogen) atoms. The number of nitrogens with zero attached hydrogens (tertiary/aromatic N) is 1. The topological polar surface area (TPSA) is 40.5 Å². The van der Waals surface area contributed by atoms with Gasteiger partial charge in [-0.3, -0.25) is 4.79 Å². The Morgan fingerprint density at radius 1 is 1.45 bits per heavy atom. The van der Waals surface area contributed by atoms with Gasteiger partial charge < -0.3 is 10.0 Å². The minimum atomic E-state index is -0.871. The molecule has 0 spiro atoms. The molecule has 3 heteroatoms. The van der Waals surface area contributed by atoms with E-state index in [9.17, 15) is 4.79 Å². The van der Waals surface area contributed by atoms with Gasteiger partial charge in [-0.1, -0.05) is 5.92 Å². The third kappa shape index (κ3) is 5.28. The molecule has 0 aliphatic carbocycles. The molecule has 0 rings (SSSR count). The molecule has 0 atom stereocenters. The summed E-state index contributed by atoms with van der Waals surface area (Å²) in [5.41, 5.74) is 0. The van der Waals surface area contributed by atoms with E-state index in [1.54, 1.807) is 0 Å². The standard InChI is InChI=1S/C8H13NO2/c1-3-9(4-2)7-5-6-8(10)11/h3-4,6H2,1-2H3,(H,10,11). The molecule has 0 aromatic heterocycles. The zero-order valence-electron chi connectivity index (χ0n) is 6.92. The highest BCUT2D eigenvalue weighted by atomic mass is 16.4. The van der Waals surface area contributed by atoms with Crippen molar-refractivity contribution in [2.24, 2.45) is 0 Å². The van der Waals surface area contributed by atoms with Gasteiger partial charge in [0.2, 0.25) is 0 Å². The van der Waals surface area contributed by atoms with E-state index in [1.165, 1.54) is 0 Å². The second-order valence-corrected chi connectivity index (χ2v) is 2.03. The summed E-state index contributed by atoms with van der Waals surface area (Å²) in [5, 5.41) is 8.25. The van der Waals surface area contributed by atoms with Crippen molar-refractivity contribution in [1.82, 2.24) is 4.90 Å². The summed E-state index contributed by atoms with van der Waals surface area (Å²) >= 11 is 0. The van der Waals surface area contributed by atoms with Crippen molar-refractivity contribution in [3.05, 3.63) is 0 Å². The number of hydrogen-bond acceptors (Lipinski definition) is 2. The molecular formula is C8H13NO2. The summed E-state index contributed by atoms with van der Waals surface area (Å²) in [6, 6.07) is 2.75. The van der Waals surface area contributed by atoms with Crippen LogP contribution in [0.5, 0.6) is 0 Å². The zero-order chi connectivity index (χ0) is 8.69. The van der Waals surface area contributed by atoms with Crippen LogP contribution in [0.3, 0.4) is 0 Å².